The molecule has 112 valence electrons. The zero-order chi connectivity index (χ0) is 15.4. The Morgan fingerprint density at radius 1 is 0.800 bits per heavy atom. The Hall–Kier alpha value is -1.92. The standard InChI is InChI=1S/C8H8N2O2.C6H16N2/c9-7(11)5-2-1-3-6(4-5)8(10)12;7-5-3-1-2-4-6-8/h1-4H,(H2,9,11)(H2,10,12);1-8H2. The molecule has 0 saturated heterocycles. The molecule has 0 spiro atoms. The van der Waals surface area contributed by atoms with E-state index in [-0.39, 0.29) is 11.1 Å². The minimum atomic E-state index is -0.571. The minimum Gasteiger partial charge on any atom is -0.366 e. The smallest absolute Gasteiger partial charge is 0.248 e. The van der Waals surface area contributed by atoms with E-state index in [1.165, 1.54) is 31.0 Å². The lowest BCUT2D eigenvalue weighted by atomic mass is 10.1. The number of benzene rings is 1. The highest BCUT2D eigenvalue weighted by molar-refractivity contribution is 5.98. The van der Waals surface area contributed by atoms with Crippen LogP contribution in [0.3, 0.4) is 0 Å². The first kappa shape index (κ1) is 18.1. The maximum absolute atomic E-state index is 10.6. The predicted octanol–water partition coefficient (Wildman–Crippen LogP) is 0.349. The second kappa shape index (κ2) is 11.0. The first-order valence-corrected chi connectivity index (χ1v) is 6.62. The van der Waals surface area contributed by atoms with E-state index in [0.717, 1.165) is 25.9 Å². The number of nitrogens with two attached hydrogens (primary N) is 4. The van der Waals surface area contributed by atoms with E-state index in [4.69, 9.17) is 22.9 Å². The molecule has 20 heavy (non-hydrogen) atoms. The fourth-order valence-corrected chi connectivity index (χ4v) is 1.47. The molecule has 0 atom stereocenters. The largest absolute Gasteiger partial charge is 0.366 e. The molecular formula is C14H24N4O2. The van der Waals surface area contributed by atoms with Crippen LogP contribution in [0.1, 0.15) is 46.4 Å². The van der Waals surface area contributed by atoms with Gasteiger partial charge in [-0.3, -0.25) is 9.59 Å². The zero-order valence-corrected chi connectivity index (χ0v) is 11.7. The molecule has 0 unspecified atom stereocenters. The van der Waals surface area contributed by atoms with Crippen LogP contribution in [0.25, 0.3) is 0 Å². The molecule has 6 heteroatoms. The molecule has 0 bridgehead atoms. The Labute approximate surface area is 119 Å². The molecule has 0 aliphatic carbocycles. The van der Waals surface area contributed by atoms with Gasteiger partial charge in [0.15, 0.2) is 0 Å². The summed E-state index contributed by atoms with van der Waals surface area (Å²) >= 11 is 0. The Morgan fingerprint density at radius 2 is 1.20 bits per heavy atom. The number of rotatable bonds is 7. The zero-order valence-electron chi connectivity index (χ0n) is 11.7. The maximum Gasteiger partial charge on any atom is 0.248 e. The Balaban J connectivity index is 0.000000396. The summed E-state index contributed by atoms with van der Waals surface area (Å²) in [5.74, 6) is -1.14. The summed E-state index contributed by atoms with van der Waals surface area (Å²) in [5, 5.41) is 0. The van der Waals surface area contributed by atoms with Crippen LogP contribution in [0.5, 0.6) is 0 Å². The highest BCUT2D eigenvalue weighted by Crippen LogP contribution is 2.03. The molecule has 0 aromatic heterocycles. The van der Waals surface area contributed by atoms with Crippen LogP contribution in [0.2, 0.25) is 0 Å². The lowest BCUT2D eigenvalue weighted by molar-refractivity contribution is 0.0999. The van der Waals surface area contributed by atoms with Crippen LogP contribution < -0.4 is 22.9 Å². The molecule has 2 amide bonds. The van der Waals surface area contributed by atoms with Gasteiger partial charge in [-0.15, -0.1) is 0 Å². The Bertz CT molecular complexity index is 386. The average Bonchev–Trinajstić information content (AvgIpc) is 2.44. The van der Waals surface area contributed by atoms with E-state index in [1.807, 2.05) is 0 Å². The lowest BCUT2D eigenvalue weighted by Gasteiger charge is -1.97. The molecular weight excluding hydrogens is 256 g/mol. The van der Waals surface area contributed by atoms with Crippen molar-refractivity contribution in [3.05, 3.63) is 35.4 Å². The number of unbranched alkanes of at least 4 members (excludes halogenated alkanes) is 3. The van der Waals surface area contributed by atoms with Crippen LogP contribution in [0.4, 0.5) is 0 Å². The van der Waals surface area contributed by atoms with Crippen molar-refractivity contribution in [3.8, 4) is 0 Å². The molecule has 0 aliphatic heterocycles. The number of carbonyl (C=O) groups excluding carboxylic acids is 2. The van der Waals surface area contributed by atoms with E-state index >= 15 is 0 Å². The van der Waals surface area contributed by atoms with Crippen LogP contribution in [-0.4, -0.2) is 24.9 Å². The van der Waals surface area contributed by atoms with Crippen LogP contribution >= 0.6 is 0 Å². The number of hydrogen-bond acceptors (Lipinski definition) is 4. The molecule has 0 aliphatic rings. The van der Waals surface area contributed by atoms with Gasteiger partial charge in [0, 0.05) is 11.1 Å². The second-order valence-electron chi connectivity index (χ2n) is 4.30. The number of amides is 2. The molecule has 8 N–H and O–H groups in total. The maximum atomic E-state index is 10.6. The van der Waals surface area contributed by atoms with Gasteiger partial charge in [0.05, 0.1) is 0 Å². The summed E-state index contributed by atoms with van der Waals surface area (Å²) in [7, 11) is 0. The molecule has 0 fully saturated rings. The van der Waals surface area contributed by atoms with Gasteiger partial charge in [-0.2, -0.15) is 0 Å². The summed E-state index contributed by atoms with van der Waals surface area (Å²) < 4.78 is 0. The van der Waals surface area contributed by atoms with E-state index < -0.39 is 11.8 Å². The van der Waals surface area contributed by atoms with Crippen molar-refractivity contribution in [2.45, 2.75) is 25.7 Å². The molecule has 0 saturated carbocycles. The first-order chi connectivity index (χ1) is 9.52. The summed E-state index contributed by atoms with van der Waals surface area (Å²) in [4.78, 5) is 21.3. The quantitative estimate of drug-likeness (QED) is 0.535. The molecule has 1 rings (SSSR count). The van der Waals surface area contributed by atoms with Crippen molar-refractivity contribution in [2.75, 3.05) is 13.1 Å². The Kier molecular flexibility index (Phi) is 9.90. The van der Waals surface area contributed by atoms with Crippen molar-refractivity contribution in [2.24, 2.45) is 22.9 Å². The van der Waals surface area contributed by atoms with Gasteiger partial charge in [0.25, 0.3) is 0 Å². The number of primary amides is 2. The second-order valence-corrected chi connectivity index (χ2v) is 4.30. The molecule has 0 radical (unpaired) electrons. The first-order valence-electron chi connectivity index (χ1n) is 6.62. The third-order valence-electron chi connectivity index (χ3n) is 2.59. The van der Waals surface area contributed by atoms with Gasteiger partial charge in [-0.25, -0.2) is 0 Å². The molecule has 0 heterocycles. The van der Waals surface area contributed by atoms with Gasteiger partial charge in [-0.1, -0.05) is 18.9 Å². The van der Waals surface area contributed by atoms with Gasteiger partial charge in [-0.05, 0) is 44.1 Å². The summed E-state index contributed by atoms with van der Waals surface area (Å²) in [6.07, 6.45) is 4.79. The molecule has 6 nitrogen and oxygen atoms in total. The van der Waals surface area contributed by atoms with Crippen molar-refractivity contribution in [1.82, 2.24) is 0 Å². The summed E-state index contributed by atoms with van der Waals surface area (Å²) in [6, 6.07) is 5.97. The third kappa shape index (κ3) is 8.23. The van der Waals surface area contributed by atoms with Gasteiger partial charge < -0.3 is 22.9 Å². The third-order valence-corrected chi connectivity index (χ3v) is 2.59. The monoisotopic (exact) mass is 280 g/mol. The van der Waals surface area contributed by atoms with Gasteiger partial charge in [0.2, 0.25) is 11.8 Å². The van der Waals surface area contributed by atoms with Crippen molar-refractivity contribution in [3.63, 3.8) is 0 Å². The SMILES string of the molecule is NC(=O)c1cccc(C(N)=O)c1.NCCCCCCN. The fraction of sp³-hybridized carbons (Fsp3) is 0.429. The van der Waals surface area contributed by atoms with E-state index in [0.29, 0.717) is 0 Å². The van der Waals surface area contributed by atoms with Crippen molar-refractivity contribution < 1.29 is 9.59 Å². The summed E-state index contributed by atoms with van der Waals surface area (Å²) in [5.41, 5.74) is 21.1. The normalized spacial score (nSPS) is 9.50. The van der Waals surface area contributed by atoms with Crippen LogP contribution in [0, 0.1) is 0 Å². The average molecular weight is 280 g/mol. The number of carbonyl (C=O) groups is 2. The minimum absolute atomic E-state index is 0.284. The summed E-state index contributed by atoms with van der Waals surface area (Å²) in [6.45, 7) is 1.65. The highest BCUT2D eigenvalue weighted by Gasteiger charge is 2.03. The van der Waals surface area contributed by atoms with Crippen LogP contribution in [0.15, 0.2) is 24.3 Å². The molecule has 1 aromatic rings. The van der Waals surface area contributed by atoms with Gasteiger partial charge >= 0.3 is 0 Å². The van der Waals surface area contributed by atoms with E-state index in [1.54, 1.807) is 6.07 Å². The van der Waals surface area contributed by atoms with Crippen LogP contribution in [-0.2, 0) is 0 Å². The molecule has 1 aromatic carbocycles. The van der Waals surface area contributed by atoms with Gasteiger partial charge in [0.1, 0.15) is 0 Å². The lowest BCUT2D eigenvalue weighted by Crippen LogP contribution is -2.14. The fourth-order valence-electron chi connectivity index (χ4n) is 1.47. The number of hydrogen-bond donors (Lipinski definition) is 4. The van der Waals surface area contributed by atoms with Crippen molar-refractivity contribution >= 4 is 11.8 Å². The van der Waals surface area contributed by atoms with E-state index in [2.05, 4.69) is 0 Å². The predicted molar refractivity (Wildman–Crippen MR) is 80.1 cm³/mol. The topological polar surface area (TPSA) is 138 Å². The highest BCUT2D eigenvalue weighted by atomic mass is 16.1. The van der Waals surface area contributed by atoms with E-state index in [9.17, 15) is 9.59 Å². The Morgan fingerprint density at radius 3 is 1.50 bits per heavy atom. The van der Waals surface area contributed by atoms with Crippen molar-refractivity contribution in [1.29, 1.82) is 0 Å².